The van der Waals surface area contributed by atoms with E-state index >= 15 is 0 Å². The Morgan fingerprint density at radius 1 is 1.11 bits per heavy atom. The molecule has 1 unspecified atom stereocenters. The fraction of sp³-hybridized carbons (Fsp3) is 0.158. The van der Waals surface area contributed by atoms with E-state index in [0.717, 1.165) is 22.3 Å². The summed E-state index contributed by atoms with van der Waals surface area (Å²) < 4.78 is 20.6. The fourth-order valence-corrected chi connectivity index (χ4v) is 3.51. The Labute approximate surface area is 154 Å². The predicted molar refractivity (Wildman–Crippen MR) is 95.2 cm³/mol. The molecule has 0 spiro atoms. The van der Waals surface area contributed by atoms with Gasteiger partial charge in [-0.1, -0.05) is 12.1 Å². The first-order chi connectivity index (χ1) is 13.2. The second-order valence-electron chi connectivity index (χ2n) is 6.45. The molecular formula is C19H15FN6O. The zero-order valence-corrected chi connectivity index (χ0v) is 14.5. The van der Waals surface area contributed by atoms with Crippen molar-refractivity contribution in [3.8, 4) is 11.1 Å². The van der Waals surface area contributed by atoms with Crippen molar-refractivity contribution in [3.63, 3.8) is 0 Å². The molecular weight excluding hydrogens is 347 g/mol. The Balaban J connectivity index is 1.60. The molecule has 4 heterocycles. The van der Waals surface area contributed by atoms with Crippen molar-refractivity contribution in [2.45, 2.75) is 12.6 Å². The molecule has 5 rings (SSSR count). The van der Waals surface area contributed by atoms with E-state index in [1.165, 1.54) is 18.8 Å². The average Bonchev–Trinajstić information content (AvgIpc) is 3.40. The third-order valence-corrected chi connectivity index (χ3v) is 4.71. The van der Waals surface area contributed by atoms with Gasteiger partial charge in [-0.3, -0.25) is 4.68 Å². The second kappa shape index (κ2) is 6.01. The number of nitrogens with zero attached hydrogens (tertiary/aromatic N) is 6. The van der Waals surface area contributed by atoms with Crippen LogP contribution in [0.15, 0.2) is 60.0 Å². The van der Waals surface area contributed by atoms with Gasteiger partial charge in [0.2, 0.25) is 5.95 Å². The van der Waals surface area contributed by atoms with E-state index in [2.05, 4.69) is 38.2 Å². The maximum Gasteiger partial charge on any atom is 0.226 e. The summed E-state index contributed by atoms with van der Waals surface area (Å²) in [5.74, 6) is 0.665. The van der Waals surface area contributed by atoms with Gasteiger partial charge in [-0.25, -0.2) is 19.3 Å². The Morgan fingerprint density at radius 2 is 1.96 bits per heavy atom. The van der Waals surface area contributed by atoms with E-state index in [9.17, 15) is 4.39 Å². The number of hydrogen-bond acceptors (Lipinski definition) is 6. The molecule has 0 saturated heterocycles. The molecule has 1 aromatic carbocycles. The first-order valence-electron chi connectivity index (χ1n) is 8.43. The maximum absolute atomic E-state index is 13.3. The van der Waals surface area contributed by atoms with Crippen molar-refractivity contribution in [3.05, 3.63) is 78.3 Å². The van der Waals surface area contributed by atoms with Gasteiger partial charge in [0, 0.05) is 25.4 Å². The number of fused-ring (bicyclic) bond motifs is 1. The van der Waals surface area contributed by atoms with Crippen molar-refractivity contribution in [2.24, 2.45) is 7.05 Å². The number of oxazole rings is 1. The van der Waals surface area contributed by atoms with Crippen LogP contribution in [0.3, 0.4) is 0 Å². The van der Waals surface area contributed by atoms with E-state index in [4.69, 9.17) is 4.42 Å². The molecule has 3 aromatic heterocycles. The summed E-state index contributed by atoms with van der Waals surface area (Å²) in [4.78, 5) is 14.3. The molecule has 7 nitrogen and oxygen atoms in total. The van der Waals surface area contributed by atoms with Crippen LogP contribution in [0.5, 0.6) is 0 Å². The van der Waals surface area contributed by atoms with Crippen LogP contribution in [-0.4, -0.2) is 24.7 Å². The van der Waals surface area contributed by atoms with Crippen LogP contribution < -0.4 is 4.90 Å². The fourth-order valence-electron chi connectivity index (χ4n) is 3.51. The van der Waals surface area contributed by atoms with E-state index in [1.54, 1.807) is 10.9 Å². The summed E-state index contributed by atoms with van der Waals surface area (Å²) in [7, 11) is 1.89. The minimum atomic E-state index is -0.467. The van der Waals surface area contributed by atoms with E-state index in [-0.39, 0.29) is 6.04 Å². The standard InChI is InChI=1S/C19H15FN6O/c1-25-9-14(5-24-25)12-2-3-16-13(4-12)10-26(18(16)17-8-21-11-27-17)19-22-6-15(20)7-23-19/h2-9,11,18H,10H2,1H3. The van der Waals surface area contributed by atoms with Crippen LogP contribution in [0.25, 0.3) is 11.1 Å². The summed E-state index contributed by atoms with van der Waals surface area (Å²) in [5, 5.41) is 4.24. The van der Waals surface area contributed by atoms with Crippen LogP contribution in [0.4, 0.5) is 10.3 Å². The van der Waals surface area contributed by atoms with Crippen LogP contribution in [0.2, 0.25) is 0 Å². The van der Waals surface area contributed by atoms with Crippen LogP contribution in [-0.2, 0) is 13.6 Å². The smallest absolute Gasteiger partial charge is 0.226 e. The number of rotatable bonds is 3. The van der Waals surface area contributed by atoms with Gasteiger partial charge in [0.15, 0.2) is 18.0 Å². The molecule has 4 aromatic rings. The predicted octanol–water partition coefficient (Wildman–Crippen LogP) is 3.11. The van der Waals surface area contributed by atoms with Crippen LogP contribution in [0, 0.1) is 5.82 Å². The van der Waals surface area contributed by atoms with E-state index in [0.29, 0.717) is 18.3 Å². The summed E-state index contributed by atoms with van der Waals surface area (Å²) in [6.45, 7) is 0.584. The second-order valence-corrected chi connectivity index (χ2v) is 6.45. The first kappa shape index (κ1) is 15.7. The topological polar surface area (TPSA) is 72.9 Å². The lowest BCUT2D eigenvalue weighted by atomic mass is 9.99. The molecule has 27 heavy (non-hydrogen) atoms. The number of benzene rings is 1. The molecule has 134 valence electrons. The third kappa shape index (κ3) is 2.66. The Morgan fingerprint density at radius 3 is 2.67 bits per heavy atom. The Kier molecular flexibility index (Phi) is 3.49. The summed E-state index contributed by atoms with van der Waals surface area (Å²) >= 11 is 0. The lowest BCUT2D eigenvalue weighted by molar-refractivity contribution is 0.477. The van der Waals surface area contributed by atoms with Crippen LogP contribution in [0.1, 0.15) is 22.9 Å². The van der Waals surface area contributed by atoms with E-state index < -0.39 is 5.82 Å². The number of aromatic nitrogens is 5. The largest absolute Gasteiger partial charge is 0.446 e. The lowest BCUT2D eigenvalue weighted by Gasteiger charge is -2.23. The van der Waals surface area contributed by atoms with Gasteiger partial charge in [-0.15, -0.1) is 0 Å². The van der Waals surface area contributed by atoms with Crippen molar-refractivity contribution < 1.29 is 8.81 Å². The highest BCUT2D eigenvalue weighted by atomic mass is 19.1. The van der Waals surface area contributed by atoms with Gasteiger partial charge in [0.25, 0.3) is 0 Å². The summed E-state index contributed by atoms with van der Waals surface area (Å²) in [6.07, 6.45) is 9.25. The Bertz CT molecular complexity index is 1090. The molecule has 8 heteroatoms. The molecule has 0 amide bonds. The van der Waals surface area contributed by atoms with Gasteiger partial charge in [0.05, 0.1) is 24.8 Å². The molecule has 0 saturated carbocycles. The number of hydrogen-bond donors (Lipinski definition) is 0. The molecule has 0 bridgehead atoms. The number of anilines is 1. The molecule has 1 atom stereocenters. The lowest BCUT2D eigenvalue weighted by Crippen LogP contribution is -2.24. The number of halogens is 1. The zero-order valence-electron chi connectivity index (χ0n) is 14.5. The maximum atomic E-state index is 13.3. The van der Waals surface area contributed by atoms with Crippen molar-refractivity contribution in [1.29, 1.82) is 0 Å². The zero-order chi connectivity index (χ0) is 18.4. The molecule has 0 N–H and O–H groups in total. The number of aryl methyl sites for hydroxylation is 1. The summed E-state index contributed by atoms with van der Waals surface area (Å²) in [5.41, 5.74) is 4.35. The molecule has 0 aliphatic carbocycles. The van der Waals surface area contributed by atoms with Gasteiger partial charge >= 0.3 is 0 Å². The quantitative estimate of drug-likeness (QED) is 0.558. The first-order valence-corrected chi connectivity index (χ1v) is 8.43. The van der Waals surface area contributed by atoms with Gasteiger partial charge in [0.1, 0.15) is 6.04 Å². The molecule has 1 aliphatic rings. The minimum Gasteiger partial charge on any atom is -0.446 e. The Hall–Kier alpha value is -3.55. The monoisotopic (exact) mass is 362 g/mol. The van der Waals surface area contributed by atoms with Crippen molar-refractivity contribution >= 4 is 5.95 Å². The van der Waals surface area contributed by atoms with Crippen molar-refractivity contribution in [1.82, 2.24) is 24.7 Å². The SMILES string of the molecule is Cn1cc(-c2ccc3c(c2)CN(c2ncc(F)cn2)C3c2cnco2)cn1. The van der Waals surface area contributed by atoms with Gasteiger partial charge in [-0.05, 0) is 22.8 Å². The highest BCUT2D eigenvalue weighted by Gasteiger charge is 2.35. The molecule has 1 aliphatic heterocycles. The average molecular weight is 362 g/mol. The minimum absolute atomic E-state index is 0.212. The normalized spacial score (nSPS) is 15.9. The van der Waals surface area contributed by atoms with Crippen LogP contribution >= 0.6 is 0 Å². The summed E-state index contributed by atoms with van der Waals surface area (Å²) in [6, 6.07) is 6.07. The molecule has 0 fully saturated rings. The van der Waals surface area contributed by atoms with Crippen molar-refractivity contribution in [2.75, 3.05) is 4.90 Å². The third-order valence-electron chi connectivity index (χ3n) is 4.71. The van der Waals surface area contributed by atoms with E-state index in [1.807, 2.05) is 24.3 Å². The highest BCUT2D eigenvalue weighted by Crippen LogP contribution is 2.41. The molecule has 0 radical (unpaired) electrons. The highest BCUT2D eigenvalue weighted by molar-refractivity contribution is 5.66. The van der Waals surface area contributed by atoms with Gasteiger partial charge in [-0.2, -0.15) is 5.10 Å². The van der Waals surface area contributed by atoms with Gasteiger partial charge < -0.3 is 9.32 Å².